The van der Waals surface area contributed by atoms with Crippen molar-refractivity contribution in [1.82, 2.24) is 16.4 Å². The van der Waals surface area contributed by atoms with Crippen molar-refractivity contribution >= 4 is 6.21 Å². The number of hydroxylamine groups is 3. The van der Waals surface area contributed by atoms with Crippen LogP contribution in [0.2, 0.25) is 0 Å². The van der Waals surface area contributed by atoms with Gasteiger partial charge in [0, 0.05) is 25.3 Å². The molecule has 0 aromatic heterocycles. The van der Waals surface area contributed by atoms with Crippen molar-refractivity contribution in [2.24, 2.45) is 15.8 Å². The molecule has 0 bridgehead atoms. The van der Waals surface area contributed by atoms with Crippen LogP contribution in [-0.2, 0) is 56.8 Å². The Morgan fingerprint density at radius 3 is 0.646 bits per heavy atom. The van der Waals surface area contributed by atoms with Gasteiger partial charge in [0.2, 0.25) is 0 Å². The third-order valence-electron chi connectivity index (χ3n) is 17.7. The average molecular weight is 1420 g/mol. The van der Waals surface area contributed by atoms with Crippen LogP contribution in [0.4, 0.5) is 0 Å². The zero-order valence-electron chi connectivity index (χ0n) is 52.0. The number of hydrogen-bond acceptors (Lipinski definition) is 43. The van der Waals surface area contributed by atoms with E-state index < -0.39 is 286 Å². The molecule has 0 aromatic carbocycles. The van der Waals surface area contributed by atoms with Gasteiger partial charge in [-0.3, -0.25) is 4.99 Å². The molecule has 6 heterocycles. The van der Waals surface area contributed by atoms with Crippen LogP contribution in [0.1, 0.15) is 25.7 Å². The summed E-state index contributed by atoms with van der Waals surface area (Å²) in [5.41, 5.74) is 1.71. The maximum absolute atomic E-state index is 11.2. The van der Waals surface area contributed by atoms with E-state index in [-0.39, 0.29) is 25.7 Å². The van der Waals surface area contributed by atoms with Gasteiger partial charge >= 0.3 is 0 Å². The van der Waals surface area contributed by atoms with Gasteiger partial charge in [-0.25, -0.2) is 16.4 Å². The van der Waals surface area contributed by atoms with Crippen molar-refractivity contribution in [3.63, 3.8) is 0 Å². The molecule has 32 unspecified atom stereocenters. The Hall–Kier alpha value is -2.01. The summed E-state index contributed by atoms with van der Waals surface area (Å²) in [6, 6.07) is -3.19. The summed E-state index contributed by atoms with van der Waals surface area (Å²) in [4.78, 5) is 3.58. The van der Waals surface area contributed by atoms with Gasteiger partial charge in [0.1, 0.15) is 146 Å². The number of unbranched alkanes of at least 4 members (excludes halogenated alkanes) is 1. The molecule has 6 saturated heterocycles. The molecule has 0 amide bonds. The Balaban J connectivity index is 0.00000265. The fraction of sp³-hybridized carbons (Fsp3) is 0.981. The van der Waals surface area contributed by atoms with Crippen LogP contribution in [0.25, 0.3) is 0 Å². The van der Waals surface area contributed by atoms with E-state index in [0.29, 0.717) is 6.54 Å². The van der Waals surface area contributed by atoms with Crippen LogP contribution in [0.15, 0.2) is 4.99 Å². The van der Waals surface area contributed by atoms with Gasteiger partial charge < -0.3 is 195 Å². The number of hydrogen-bond donors (Lipinski definition) is 30. The number of aliphatic imine (C=N–C) groups is 1. The molecule has 96 heavy (non-hydrogen) atoms. The van der Waals surface area contributed by atoms with Gasteiger partial charge in [-0.15, -0.1) is 0 Å². The molecule has 43 nitrogen and oxygen atoms in total. The lowest BCUT2D eigenvalue weighted by Crippen LogP contribution is -2.63. The van der Waals surface area contributed by atoms with Crippen molar-refractivity contribution < 1.29 is 195 Å². The van der Waals surface area contributed by atoms with Gasteiger partial charge in [0.25, 0.3) is 0 Å². The molecule has 6 aliphatic rings. The summed E-state index contributed by atoms with van der Waals surface area (Å²) in [5, 5.41) is 284. The lowest BCUT2D eigenvalue weighted by atomic mass is 9.78. The maximum Gasteiger partial charge on any atom is 0.186 e. The van der Waals surface area contributed by atoms with Gasteiger partial charge in [0.15, 0.2) is 37.7 Å². The molecule has 566 valence electrons. The first-order chi connectivity index (χ1) is 45.6. The number of nitrogens with one attached hydrogen (secondary N) is 3. The Morgan fingerprint density at radius 2 is 0.510 bits per heavy atom. The second kappa shape index (κ2) is 40.2. The highest BCUT2D eigenvalue weighted by Crippen LogP contribution is 2.38. The number of nitrogens with zero attached hydrogens (tertiary/aromatic N) is 1. The maximum atomic E-state index is 11.2. The summed E-state index contributed by atoms with van der Waals surface area (Å²) in [7, 11) is 1.65. The predicted molar refractivity (Wildman–Crippen MR) is 303 cm³/mol. The highest BCUT2D eigenvalue weighted by atomic mass is 16.8. The minimum Gasteiger partial charge on any atom is -0.394 e. The number of rotatable bonds is 35. The minimum atomic E-state index is -2.17. The molecule has 6 fully saturated rings. The fourth-order valence-corrected chi connectivity index (χ4v) is 11.4. The minimum absolute atomic E-state index is 0.205. The zero-order valence-corrected chi connectivity index (χ0v) is 52.0. The normalized spacial score (nSPS) is 42.8. The highest BCUT2D eigenvalue weighted by Gasteiger charge is 2.55. The first kappa shape index (κ1) is 84.6. The number of aliphatic hydroxyl groups excluding tert-OH is 24. The van der Waals surface area contributed by atoms with Crippen LogP contribution < -0.4 is 16.4 Å². The van der Waals surface area contributed by atoms with Crippen LogP contribution in [0.5, 0.6) is 0 Å². The van der Waals surface area contributed by atoms with E-state index in [0.717, 1.165) is 0 Å². The summed E-state index contributed by atoms with van der Waals surface area (Å²) < 4.78 is 69.4. The summed E-state index contributed by atoms with van der Waals surface area (Å²) in [6.45, 7) is -10.9. The van der Waals surface area contributed by atoms with Gasteiger partial charge in [-0.05, 0) is 12.8 Å². The molecule has 0 spiro atoms. The lowest BCUT2D eigenvalue weighted by Gasteiger charge is -2.47. The van der Waals surface area contributed by atoms with E-state index in [1.54, 1.807) is 13.3 Å². The monoisotopic (exact) mass is 1420 g/mol. The highest BCUT2D eigenvalue weighted by molar-refractivity contribution is 5.58. The van der Waals surface area contributed by atoms with Crippen LogP contribution in [0.3, 0.4) is 0 Å². The second-order valence-electron chi connectivity index (χ2n) is 24.2. The fourth-order valence-electron chi connectivity index (χ4n) is 11.4. The first-order valence-electron chi connectivity index (χ1n) is 30.7. The molecule has 6 rings (SSSR count). The van der Waals surface area contributed by atoms with Crippen molar-refractivity contribution in [2.75, 3.05) is 92.9 Å². The Labute approximate surface area is 547 Å². The van der Waals surface area contributed by atoms with Gasteiger partial charge in [-0.1, -0.05) is 12.8 Å². The smallest absolute Gasteiger partial charge is 0.186 e. The molecule has 0 radical (unpaired) electrons. The quantitative estimate of drug-likeness (QED) is 0.0159. The van der Waals surface area contributed by atoms with E-state index in [1.807, 2.05) is 5.48 Å². The molecule has 0 aliphatic carbocycles. The topological polar surface area (TPSA) is 705 Å². The third kappa shape index (κ3) is 20.7. The van der Waals surface area contributed by atoms with Gasteiger partial charge in [-0.2, -0.15) is 0 Å². The SMILES string of the molecule is CN=CCNO.OCC1OC(OCC(COC2OC(CO)C(O)C(O)C2O)(COC2OC(CO)C(O)C(O)C2O)C(CCCCC(NO)C(COC2OC(CO)C(O)C(O)C2O)(COC2OC(CO)C(O)C(O)C2O)COC2OC(CO)C(O)C(O)C2O)NO)C(O)C(O)C1O. The molecule has 0 saturated carbocycles. The van der Waals surface area contributed by atoms with Crippen LogP contribution in [-0.4, -0.2) is 434 Å². The predicted octanol–water partition coefficient (Wildman–Crippen LogP) is -16.2. The molecular formula is C53H100N4O39. The van der Waals surface area contributed by atoms with E-state index in [9.17, 15) is 133 Å². The van der Waals surface area contributed by atoms with Crippen molar-refractivity contribution in [3.05, 3.63) is 0 Å². The van der Waals surface area contributed by atoms with Crippen molar-refractivity contribution in [3.8, 4) is 0 Å². The molecule has 32 atom stereocenters. The largest absolute Gasteiger partial charge is 0.394 e. The third-order valence-corrected chi connectivity index (χ3v) is 17.7. The molecular weight excluding hydrogens is 1320 g/mol. The van der Waals surface area contributed by atoms with Gasteiger partial charge in [0.05, 0.1) is 96.7 Å². The molecule has 30 N–H and O–H groups in total. The summed E-state index contributed by atoms with van der Waals surface area (Å²) >= 11 is 0. The van der Waals surface area contributed by atoms with Crippen molar-refractivity contribution in [2.45, 2.75) is 222 Å². The number of ether oxygens (including phenoxy) is 12. The Kier molecular flexibility index (Phi) is 35.4. The zero-order chi connectivity index (χ0) is 71.5. The van der Waals surface area contributed by atoms with Crippen LogP contribution >= 0.6 is 0 Å². The molecule has 43 heteroatoms. The van der Waals surface area contributed by atoms with E-state index in [2.05, 4.69) is 16.0 Å². The van der Waals surface area contributed by atoms with E-state index in [1.165, 1.54) is 0 Å². The Bertz CT molecular complexity index is 1840. The lowest BCUT2D eigenvalue weighted by molar-refractivity contribution is -0.333. The van der Waals surface area contributed by atoms with E-state index >= 15 is 0 Å². The molecule has 0 aromatic rings. The summed E-state index contributed by atoms with van der Waals surface area (Å²) in [6.07, 6.45) is -57.1. The second-order valence-corrected chi connectivity index (χ2v) is 24.2. The summed E-state index contributed by atoms with van der Waals surface area (Å²) in [5.74, 6) is 0. The van der Waals surface area contributed by atoms with Crippen molar-refractivity contribution in [1.29, 1.82) is 0 Å². The molecule has 6 aliphatic heterocycles. The van der Waals surface area contributed by atoms with Crippen LogP contribution in [0, 0.1) is 10.8 Å². The first-order valence-corrected chi connectivity index (χ1v) is 30.7. The number of aliphatic hydroxyl groups is 24. The standard InChI is InChI=1S/C50H92N2O38.C3H8N2O/c53-5-17-25(59)31(65)37(71)43(85-17)79-11-49(12-80-44-38(72)32(66)26(60)18(6-54)86-44,13-81-45-39(73)33(67)27(61)19(7-55)87-45)23(51-77)3-1-2-4-24(52-78)50(14-82-46-40(74)34(68)28(62)20(8-56)88-46,15-83-47-41(75)35(69)29(63)21(9-57)89-47)16-84-48-42(76)36(70)30(64)22(10-58)90-48;1-4-2-3-5-6/h17-48,51-78H,1-16H2;2,5-6H,3H2,1H3. The van der Waals surface area contributed by atoms with E-state index in [4.69, 9.17) is 62.0 Å². The average Bonchev–Trinajstić information content (AvgIpc) is 0.812. The Morgan fingerprint density at radius 1 is 0.323 bits per heavy atom.